The van der Waals surface area contributed by atoms with Gasteiger partial charge < -0.3 is 20.3 Å². The van der Waals surface area contributed by atoms with E-state index in [0.29, 0.717) is 5.56 Å². The van der Waals surface area contributed by atoms with E-state index in [4.69, 9.17) is 21.4 Å². The molecule has 1 unspecified atom stereocenters. The van der Waals surface area contributed by atoms with Crippen LogP contribution in [0.1, 0.15) is 16.6 Å². The third-order valence-electron chi connectivity index (χ3n) is 3.92. The second-order valence-electron chi connectivity index (χ2n) is 5.65. The number of carbonyl (C=O) groups is 1. The second-order valence-corrected chi connectivity index (χ2v) is 6.23. The van der Waals surface area contributed by atoms with E-state index >= 15 is 0 Å². The van der Waals surface area contributed by atoms with Gasteiger partial charge in [0.2, 0.25) is 0 Å². The van der Waals surface area contributed by atoms with Crippen molar-refractivity contribution >= 4 is 23.3 Å². The van der Waals surface area contributed by atoms with Crippen molar-refractivity contribution in [1.29, 1.82) is 0 Å². The first kappa shape index (κ1) is 18.5. The van der Waals surface area contributed by atoms with Gasteiger partial charge in [0, 0.05) is 11.8 Å². The van der Waals surface area contributed by atoms with Gasteiger partial charge in [0.25, 0.3) is 11.0 Å². The number of hydrogen-bond acceptors (Lipinski definition) is 6. The summed E-state index contributed by atoms with van der Waals surface area (Å²) < 4.78 is 20.4. The molecule has 0 saturated carbocycles. The van der Waals surface area contributed by atoms with Crippen LogP contribution in [0.2, 0.25) is 0 Å². The maximum absolute atomic E-state index is 14.5. The Morgan fingerprint density at radius 3 is 2.65 bits per heavy atom. The molecule has 0 bridgehead atoms. The topological polar surface area (TPSA) is 114 Å². The summed E-state index contributed by atoms with van der Waals surface area (Å²) in [5, 5.41) is 18.5. The van der Waals surface area contributed by atoms with Gasteiger partial charge in [-0.1, -0.05) is 29.8 Å². The number of nitrogens with zero attached hydrogens (tertiary/aromatic N) is 2. The zero-order valence-electron chi connectivity index (χ0n) is 13.3. The predicted molar refractivity (Wildman–Crippen MR) is 89.6 cm³/mol. The lowest BCUT2D eigenvalue weighted by Crippen LogP contribution is -2.41. The lowest BCUT2D eigenvalue weighted by atomic mass is 10.1. The van der Waals surface area contributed by atoms with E-state index in [0.717, 1.165) is 10.8 Å². The average molecular weight is 384 g/mol. The summed E-state index contributed by atoms with van der Waals surface area (Å²) in [5.74, 6) is -0.517. The molecule has 10 heteroatoms. The van der Waals surface area contributed by atoms with E-state index < -0.39 is 41.8 Å². The third kappa shape index (κ3) is 3.34. The molecule has 0 aliphatic carbocycles. The summed E-state index contributed by atoms with van der Waals surface area (Å²) in [6.07, 6.45) is -3.67. The number of carbonyl (C=O) groups excluding carboxylic acids is 1. The molecule has 1 aromatic heterocycles. The molecule has 0 spiro atoms. The van der Waals surface area contributed by atoms with Crippen LogP contribution in [0, 0.1) is 0 Å². The Labute approximate surface area is 151 Å². The molecule has 3 rings (SSSR count). The van der Waals surface area contributed by atoms with Crippen molar-refractivity contribution in [2.24, 2.45) is 0 Å². The Hall–Kier alpha value is -2.33. The minimum Gasteiger partial charge on any atom is -0.394 e. The van der Waals surface area contributed by atoms with Crippen LogP contribution in [0.4, 0.5) is 10.2 Å². The Morgan fingerprint density at radius 1 is 1.38 bits per heavy atom. The van der Waals surface area contributed by atoms with Crippen LogP contribution >= 0.6 is 11.6 Å². The van der Waals surface area contributed by atoms with E-state index in [2.05, 4.69) is 10.3 Å². The molecular formula is C16H15ClFN3O5. The van der Waals surface area contributed by atoms with Gasteiger partial charge in [-0.2, -0.15) is 4.98 Å². The fraction of sp³-hybridized carbons (Fsp3) is 0.312. The zero-order chi connectivity index (χ0) is 18.9. The first-order valence-electron chi connectivity index (χ1n) is 7.62. The summed E-state index contributed by atoms with van der Waals surface area (Å²) in [5.41, 5.74) is -0.579. The van der Waals surface area contributed by atoms with Crippen LogP contribution in [0.25, 0.3) is 0 Å². The number of aromatic nitrogens is 2. The maximum Gasteiger partial charge on any atom is 0.351 e. The molecule has 1 amide bonds. The highest BCUT2D eigenvalue weighted by molar-refractivity contribution is 6.23. The van der Waals surface area contributed by atoms with Crippen LogP contribution in [-0.4, -0.2) is 49.6 Å². The molecule has 1 aromatic carbocycles. The molecule has 3 N–H and O–H groups in total. The molecule has 26 heavy (non-hydrogen) atoms. The maximum atomic E-state index is 14.5. The number of aliphatic hydroxyl groups excluding tert-OH is 2. The summed E-state index contributed by atoms with van der Waals surface area (Å²) in [4.78, 5) is 27.9. The highest BCUT2D eigenvalue weighted by atomic mass is 35.5. The molecule has 4 atom stereocenters. The fourth-order valence-corrected chi connectivity index (χ4v) is 2.85. The summed E-state index contributed by atoms with van der Waals surface area (Å²) in [6.45, 7) is -0.677. The zero-order valence-corrected chi connectivity index (χ0v) is 14.0. The largest absolute Gasteiger partial charge is 0.394 e. The monoisotopic (exact) mass is 383 g/mol. The van der Waals surface area contributed by atoms with Crippen molar-refractivity contribution in [3.05, 3.63) is 58.6 Å². The summed E-state index contributed by atoms with van der Waals surface area (Å²) in [6, 6.07) is 9.55. The van der Waals surface area contributed by atoms with E-state index in [9.17, 15) is 19.1 Å². The summed E-state index contributed by atoms with van der Waals surface area (Å²) in [7, 11) is 0. The van der Waals surface area contributed by atoms with Crippen LogP contribution in [0.3, 0.4) is 0 Å². The lowest BCUT2D eigenvalue weighted by molar-refractivity contribution is -0.0517. The van der Waals surface area contributed by atoms with Crippen molar-refractivity contribution in [2.75, 3.05) is 11.9 Å². The number of halogens is 2. The Morgan fingerprint density at radius 2 is 2.08 bits per heavy atom. The molecule has 2 heterocycles. The first-order chi connectivity index (χ1) is 12.3. The first-order valence-corrected chi connectivity index (χ1v) is 8.00. The molecule has 1 aliphatic heterocycles. The number of anilines is 1. The van der Waals surface area contributed by atoms with E-state index in [-0.39, 0.29) is 5.82 Å². The quantitative estimate of drug-likeness (QED) is 0.668. The number of amides is 1. The van der Waals surface area contributed by atoms with Gasteiger partial charge in [-0.3, -0.25) is 9.36 Å². The van der Waals surface area contributed by atoms with Gasteiger partial charge >= 0.3 is 5.69 Å². The van der Waals surface area contributed by atoms with Crippen molar-refractivity contribution < 1.29 is 24.1 Å². The van der Waals surface area contributed by atoms with E-state index in [1.54, 1.807) is 30.3 Å². The number of hydrogen-bond donors (Lipinski definition) is 3. The van der Waals surface area contributed by atoms with Crippen LogP contribution in [-0.2, 0) is 4.74 Å². The number of alkyl halides is 2. The third-order valence-corrected chi connectivity index (χ3v) is 4.33. The minimum atomic E-state index is -2.83. The minimum absolute atomic E-state index is 0.0450. The van der Waals surface area contributed by atoms with Gasteiger partial charge in [0.15, 0.2) is 6.23 Å². The van der Waals surface area contributed by atoms with Crippen LogP contribution < -0.4 is 11.0 Å². The second kappa shape index (κ2) is 7.12. The van der Waals surface area contributed by atoms with E-state index in [1.165, 1.54) is 6.07 Å². The van der Waals surface area contributed by atoms with Gasteiger partial charge in [-0.15, -0.1) is 0 Å². The van der Waals surface area contributed by atoms with Gasteiger partial charge in [-0.25, -0.2) is 9.18 Å². The molecule has 1 fully saturated rings. The summed E-state index contributed by atoms with van der Waals surface area (Å²) >= 11 is 5.66. The molecule has 1 saturated heterocycles. The van der Waals surface area contributed by atoms with Gasteiger partial charge in [0.1, 0.15) is 18.0 Å². The lowest BCUT2D eigenvalue weighted by Gasteiger charge is -2.22. The number of nitrogens with one attached hydrogen (secondary N) is 1. The normalized spacial score (nSPS) is 28.1. The fourth-order valence-electron chi connectivity index (χ4n) is 2.56. The Kier molecular flexibility index (Phi) is 5.05. The molecule has 2 aromatic rings. The molecule has 138 valence electrons. The van der Waals surface area contributed by atoms with Crippen LogP contribution in [0.5, 0.6) is 0 Å². The number of aliphatic hydroxyl groups is 2. The smallest absolute Gasteiger partial charge is 0.351 e. The Balaban J connectivity index is 1.82. The number of rotatable bonds is 4. The molecular weight excluding hydrogens is 369 g/mol. The number of ether oxygens (including phenoxy) is 1. The predicted octanol–water partition coefficient (Wildman–Crippen LogP) is 0.651. The molecule has 1 aliphatic rings. The van der Waals surface area contributed by atoms with Gasteiger partial charge in [-0.05, 0) is 18.2 Å². The number of benzene rings is 1. The van der Waals surface area contributed by atoms with Crippen molar-refractivity contribution in [3.8, 4) is 0 Å². The van der Waals surface area contributed by atoms with Crippen LogP contribution in [0.15, 0.2) is 47.4 Å². The average Bonchev–Trinajstić information content (AvgIpc) is 2.85. The van der Waals surface area contributed by atoms with Crippen molar-refractivity contribution in [3.63, 3.8) is 0 Å². The standard InChI is InChI=1S/C16H15ClFN3O5/c17-16(18)12(23)10(8-22)26-14(16)21-7-6-11(20-15(21)25)19-13(24)9-4-2-1-3-5-9/h1-7,10,12,14,22-23H,8H2,(H,19,20,24,25)/t10-,12-,14?,16-/m1/s1. The van der Waals surface area contributed by atoms with Crippen molar-refractivity contribution in [1.82, 2.24) is 9.55 Å². The van der Waals surface area contributed by atoms with Gasteiger partial charge in [0.05, 0.1) is 6.61 Å². The Bertz CT molecular complexity index is 860. The SMILES string of the molecule is O=C(Nc1ccn(C2O[C@H](CO)[C@@H](O)[C@]2(F)Cl)c(=O)n1)c1ccccc1. The van der Waals surface area contributed by atoms with E-state index in [1.807, 2.05) is 0 Å². The van der Waals surface area contributed by atoms with Crippen molar-refractivity contribution in [2.45, 2.75) is 23.6 Å². The molecule has 0 radical (unpaired) electrons. The highest BCUT2D eigenvalue weighted by Gasteiger charge is 2.57. The highest BCUT2D eigenvalue weighted by Crippen LogP contribution is 2.43. The molecule has 8 nitrogen and oxygen atoms in total.